The van der Waals surface area contributed by atoms with Crippen LogP contribution in [0.2, 0.25) is 5.02 Å². The van der Waals surface area contributed by atoms with Gasteiger partial charge in [-0.05, 0) is 18.2 Å². The number of benzene rings is 1. The van der Waals surface area contributed by atoms with Crippen molar-refractivity contribution >= 4 is 17.4 Å². The summed E-state index contributed by atoms with van der Waals surface area (Å²) in [7, 11) is 1.43. The number of aliphatic hydroxyl groups excluding tert-OH is 1. The Bertz CT molecular complexity index is 607. The number of pyridine rings is 1. The van der Waals surface area contributed by atoms with Crippen LogP contribution in [0.25, 0.3) is 0 Å². The van der Waals surface area contributed by atoms with Crippen LogP contribution in [0.5, 0.6) is 5.75 Å². The smallest absolute Gasteiger partial charge is 0.133 e. The average molecular weight is 283 g/mol. The molecule has 1 heterocycles. The second-order valence-corrected chi connectivity index (χ2v) is 4.35. The first-order valence-electron chi connectivity index (χ1n) is 5.45. The van der Waals surface area contributed by atoms with Crippen LogP contribution in [-0.4, -0.2) is 17.2 Å². The first-order valence-corrected chi connectivity index (χ1v) is 5.83. The molecule has 0 aliphatic rings. The van der Waals surface area contributed by atoms with Crippen molar-refractivity contribution in [2.24, 2.45) is 0 Å². The summed E-state index contributed by atoms with van der Waals surface area (Å²) in [4.78, 5) is 3.83. The topological polar surface area (TPSA) is 68.4 Å². The molecule has 0 fully saturated rings. The zero-order valence-electron chi connectivity index (χ0n) is 10.1. The van der Waals surface area contributed by atoms with Crippen LogP contribution < -0.4 is 10.5 Å². The standard InChI is InChI=1S/C13H12ClFN2O2/c1-19-8-2-3-9(11(15)5-8)12(18)10-4-7(14)6-17-13(10)16/h2-6,12,18H,1H3,(H2,16,17). The Morgan fingerprint density at radius 1 is 1.37 bits per heavy atom. The van der Waals surface area contributed by atoms with Gasteiger partial charge in [0.05, 0.1) is 12.1 Å². The highest BCUT2D eigenvalue weighted by atomic mass is 35.5. The molecular formula is C13H12ClFN2O2. The molecule has 0 saturated carbocycles. The Hall–Kier alpha value is -1.85. The van der Waals surface area contributed by atoms with Gasteiger partial charge in [-0.2, -0.15) is 0 Å². The number of methoxy groups -OCH3 is 1. The Morgan fingerprint density at radius 3 is 2.74 bits per heavy atom. The number of aliphatic hydroxyl groups is 1. The second-order valence-electron chi connectivity index (χ2n) is 3.92. The molecule has 19 heavy (non-hydrogen) atoms. The minimum absolute atomic E-state index is 0.0802. The molecule has 3 N–H and O–H groups in total. The molecule has 1 aromatic heterocycles. The molecule has 1 unspecified atom stereocenters. The van der Waals surface area contributed by atoms with E-state index in [9.17, 15) is 9.50 Å². The van der Waals surface area contributed by atoms with Crippen molar-refractivity contribution in [1.29, 1.82) is 0 Å². The van der Waals surface area contributed by atoms with Crippen LogP contribution >= 0.6 is 11.6 Å². The molecule has 0 aliphatic heterocycles. The molecule has 0 bridgehead atoms. The molecule has 2 aromatic rings. The lowest BCUT2D eigenvalue weighted by atomic mass is 10.0. The second kappa shape index (κ2) is 5.42. The third kappa shape index (κ3) is 2.77. The summed E-state index contributed by atoms with van der Waals surface area (Å²) in [5.41, 5.74) is 6.00. The van der Waals surface area contributed by atoms with E-state index in [-0.39, 0.29) is 16.9 Å². The zero-order chi connectivity index (χ0) is 14.0. The van der Waals surface area contributed by atoms with Crippen molar-refractivity contribution in [2.75, 3.05) is 12.8 Å². The van der Waals surface area contributed by atoms with Crippen molar-refractivity contribution in [1.82, 2.24) is 4.98 Å². The average Bonchev–Trinajstić information content (AvgIpc) is 2.40. The van der Waals surface area contributed by atoms with Gasteiger partial charge in [-0.1, -0.05) is 11.6 Å². The van der Waals surface area contributed by atoms with Crippen molar-refractivity contribution in [3.8, 4) is 5.75 Å². The molecule has 6 heteroatoms. The van der Waals surface area contributed by atoms with E-state index in [1.165, 1.54) is 31.5 Å². The van der Waals surface area contributed by atoms with E-state index in [0.29, 0.717) is 10.8 Å². The summed E-state index contributed by atoms with van der Waals surface area (Å²) >= 11 is 5.79. The third-order valence-electron chi connectivity index (χ3n) is 2.71. The maximum absolute atomic E-state index is 13.9. The van der Waals surface area contributed by atoms with Gasteiger partial charge in [-0.25, -0.2) is 9.37 Å². The molecule has 0 saturated heterocycles. The minimum atomic E-state index is -1.24. The maximum atomic E-state index is 13.9. The lowest BCUT2D eigenvalue weighted by molar-refractivity contribution is 0.215. The highest BCUT2D eigenvalue weighted by Crippen LogP contribution is 2.30. The summed E-state index contributed by atoms with van der Waals surface area (Å²) in [5.74, 6) is -0.121. The van der Waals surface area contributed by atoms with Crippen LogP contribution in [0.1, 0.15) is 17.2 Å². The van der Waals surface area contributed by atoms with Crippen LogP contribution in [0.15, 0.2) is 30.5 Å². The van der Waals surface area contributed by atoms with Crippen LogP contribution in [-0.2, 0) is 0 Å². The fraction of sp³-hybridized carbons (Fsp3) is 0.154. The largest absolute Gasteiger partial charge is 0.497 e. The first-order chi connectivity index (χ1) is 9.02. The van der Waals surface area contributed by atoms with E-state index in [1.807, 2.05) is 0 Å². The fourth-order valence-corrected chi connectivity index (χ4v) is 1.87. The lowest BCUT2D eigenvalue weighted by Gasteiger charge is -2.14. The van der Waals surface area contributed by atoms with Gasteiger partial charge in [-0.15, -0.1) is 0 Å². The van der Waals surface area contributed by atoms with Gasteiger partial charge in [0, 0.05) is 23.4 Å². The number of ether oxygens (including phenoxy) is 1. The van der Waals surface area contributed by atoms with Crippen molar-refractivity contribution in [3.63, 3.8) is 0 Å². The van der Waals surface area contributed by atoms with Crippen LogP contribution in [0, 0.1) is 5.82 Å². The van der Waals surface area contributed by atoms with Gasteiger partial charge in [0.25, 0.3) is 0 Å². The van der Waals surface area contributed by atoms with Gasteiger partial charge in [0.1, 0.15) is 23.5 Å². The van der Waals surface area contributed by atoms with E-state index in [1.54, 1.807) is 6.07 Å². The van der Waals surface area contributed by atoms with Gasteiger partial charge in [0.15, 0.2) is 0 Å². The SMILES string of the molecule is COc1ccc(C(O)c2cc(Cl)cnc2N)c(F)c1. The van der Waals surface area contributed by atoms with Crippen molar-refractivity contribution in [3.05, 3.63) is 52.4 Å². The number of hydrogen-bond acceptors (Lipinski definition) is 4. The third-order valence-corrected chi connectivity index (χ3v) is 2.92. The molecule has 0 spiro atoms. The lowest BCUT2D eigenvalue weighted by Crippen LogP contribution is -2.07. The van der Waals surface area contributed by atoms with E-state index in [2.05, 4.69) is 4.98 Å². The van der Waals surface area contributed by atoms with E-state index in [4.69, 9.17) is 22.1 Å². The zero-order valence-corrected chi connectivity index (χ0v) is 10.9. The van der Waals surface area contributed by atoms with Gasteiger partial charge in [0.2, 0.25) is 0 Å². The molecule has 1 aromatic carbocycles. The van der Waals surface area contributed by atoms with Crippen LogP contribution in [0.4, 0.5) is 10.2 Å². The molecule has 1 atom stereocenters. The first kappa shape index (κ1) is 13.6. The Balaban J connectivity index is 2.43. The number of rotatable bonds is 3. The molecule has 100 valence electrons. The van der Waals surface area contributed by atoms with E-state index in [0.717, 1.165) is 0 Å². The Labute approximate surface area is 114 Å². The normalized spacial score (nSPS) is 12.2. The highest BCUT2D eigenvalue weighted by molar-refractivity contribution is 6.30. The summed E-state index contributed by atoms with van der Waals surface area (Å²) in [6.07, 6.45) is 0.120. The Morgan fingerprint density at radius 2 is 2.11 bits per heavy atom. The highest BCUT2D eigenvalue weighted by Gasteiger charge is 2.19. The number of hydrogen-bond donors (Lipinski definition) is 2. The van der Waals surface area contributed by atoms with Gasteiger partial charge in [-0.3, -0.25) is 0 Å². The van der Waals surface area contributed by atoms with Gasteiger partial charge < -0.3 is 15.6 Å². The maximum Gasteiger partial charge on any atom is 0.133 e. The Kier molecular flexibility index (Phi) is 3.87. The molecular weight excluding hydrogens is 271 g/mol. The summed E-state index contributed by atoms with van der Waals surface area (Å²) in [6.45, 7) is 0. The number of nitrogens with two attached hydrogens (primary N) is 1. The summed E-state index contributed by atoms with van der Waals surface area (Å²) < 4.78 is 18.8. The van der Waals surface area contributed by atoms with Crippen LogP contribution in [0.3, 0.4) is 0 Å². The van der Waals surface area contributed by atoms with Gasteiger partial charge >= 0.3 is 0 Å². The predicted molar refractivity (Wildman–Crippen MR) is 70.7 cm³/mol. The monoisotopic (exact) mass is 282 g/mol. The number of aromatic nitrogens is 1. The number of nitrogen functional groups attached to an aromatic ring is 1. The molecule has 0 amide bonds. The minimum Gasteiger partial charge on any atom is -0.497 e. The fourth-order valence-electron chi connectivity index (χ4n) is 1.71. The molecule has 2 rings (SSSR count). The molecule has 0 aliphatic carbocycles. The molecule has 0 radical (unpaired) electrons. The van der Waals surface area contributed by atoms with E-state index < -0.39 is 11.9 Å². The van der Waals surface area contributed by atoms with Crippen molar-refractivity contribution < 1.29 is 14.2 Å². The predicted octanol–water partition coefficient (Wildman–Crippen LogP) is 2.55. The van der Waals surface area contributed by atoms with Crippen molar-refractivity contribution in [2.45, 2.75) is 6.10 Å². The quantitative estimate of drug-likeness (QED) is 0.908. The number of anilines is 1. The number of nitrogens with zero attached hydrogens (tertiary/aromatic N) is 1. The summed E-state index contributed by atoms with van der Waals surface area (Å²) in [6, 6.07) is 5.62. The summed E-state index contributed by atoms with van der Waals surface area (Å²) in [5, 5.41) is 10.5. The number of halogens is 2. The molecule has 4 nitrogen and oxygen atoms in total. The van der Waals surface area contributed by atoms with E-state index >= 15 is 0 Å².